The molecule has 1 amide bonds. The molecule has 2 aromatic carbocycles. The zero-order valence-corrected chi connectivity index (χ0v) is 15.1. The first-order valence-electron chi connectivity index (χ1n) is 7.56. The highest BCUT2D eigenvalue weighted by molar-refractivity contribution is 6.42. The van der Waals surface area contributed by atoms with Crippen molar-refractivity contribution in [2.24, 2.45) is 0 Å². The van der Waals surface area contributed by atoms with Gasteiger partial charge in [0.15, 0.2) is 5.82 Å². The summed E-state index contributed by atoms with van der Waals surface area (Å²) in [5.41, 5.74) is 2.10. The van der Waals surface area contributed by atoms with Crippen LogP contribution in [0, 0.1) is 0 Å². The van der Waals surface area contributed by atoms with Crippen molar-refractivity contribution < 1.29 is 4.79 Å². The second-order valence-corrected chi connectivity index (χ2v) is 6.12. The van der Waals surface area contributed by atoms with E-state index in [1.165, 1.54) is 13.1 Å². The van der Waals surface area contributed by atoms with Gasteiger partial charge in [-0.2, -0.15) is 10.1 Å². The van der Waals surface area contributed by atoms with Crippen LogP contribution in [-0.2, 0) is 4.79 Å². The van der Waals surface area contributed by atoms with Crippen molar-refractivity contribution in [1.82, 2.24) is 15.2 Å². The van der Waals surface area contributed by atoms with Crippen LogP contribution in [0.2, 0.25) is 10.0 Å². The first-order valence-corrected chi connectivity index (χ1v) is 8.32. The van der Waals surface area contributed by atoms with Crippen LogP contribution in [0.15, 0.2) is 48.7 Å². The standard InChI is InChI=1S/C17H14Cl2N6O/c1-10(26)21-11-3-2-4-12(7-11)23-17-24-16(9-20-25-17)22-13-5-6-14(18)15(19)8-13/h2-9H,1H3,(H,21,26)(H2,22,23,24,25). The van der Waals surface area contributed by atoms with E-state index in [-0.39, 0.29) is 5.91 Å². The molecule has 132 valence electrons. The summed E-state index contributed by atoms with van der Waals surface area (Å²) in [6, 6.07) is 12.3. The number of nitrogens with one attached hydrogen (secondary N) is 3. The Kier molecular flexibility index (Phi) is 5.50. The Morgan fingerprint density at radius 2 is 1.73 bits per heavy atom. The first kappa shape index (κ1) is 17.9. The van der Waals surface area contributed by atoms with Gasteiger partial charge in [-0.25, -0.2) is 0 Å². The molecule has 1 heterocycles. The number of carbonyl (C=O) groups is 1. The van der Waals surface area contributed by atoms with Crippen LogP contribution in [0.25, 0.3) is 0 Å². The molecule has 0 aliphatic heterocycles. The monoisotopic (exact) mass is 388 g/mol. The SMILES string of the molecule is CC(=O)Nc1cccc(Nc2nncc(Nc3ccc(Cl)c(Cl)c3)n2)c1. The summed E-state index contributed by atoms with van der Waals surface area (Å²) in [7, 11) is 0. The van der Waals surface area contributed by atoms with Crippen LogP contribution in [0.1, 0.15) is 6.92 Å². The Labute approximate surface area is 159 Å². The fourth-order valence-electron chi connectivity index (χ4n) is 2.15. The number of benzene rings is 2. The highest BCUT2D eigenvalue weighted by Gasteiger charge is 2.05. The van der Waals surface area contributed by atoms with Crippen molar-refractivity contribution in [1.29, 1.82) is 0 Å². The van der Waals surface area contributed by atoms with Crippen molar-refractivity contribution in [3.8, 4) is 0 Å². The summed E-state index contributed by atoms with van der Waals surface area (Å²) in [5.74, 6) is 0.641. The highest BCUT2D eigenvalue weighted by atomic mass is 35.5. The predicted molar refractivity (Wildman–Crippen MR) is 104 cm³/mol. The largest absolute Gasteiger partial charge is 0.339 e. The van der Waals surface area contributed by atoms with Gasteiger partial charge in [-0.15, -0.1) is 5.10 Å². The van der Waals surface area contributed by atoms with Crippen molar-refractivity contribution in [3.63, 3.8) is 0 Å². The molecule has 0 saturated carbocycles. The lowest BCUT2D eigenvalue weighted by Gasteiger charge is -2.09. The van der Waals surface area contributed by atoms with E-state index in [0.29, 0.717) is 33.2 Å². The van der Waals surface area contributed by atoms with Crippen LogP contribution in [-0.4, -0.2) is 21.1 Å². The minimum Gasteiger partial charge on any atom is -0.339 e. The fraction of sp³-hybridized carbons (Fsp3) is 0.0588. The Balaban J connectivity index is 1.75. The molecule has 0 fully saturated rings. The third kappa shape index (κ3) is 4.81. The highest BCUT2D eigenvalue weighted by Crippen LogP contribution is 2.26. The van der Waals surface area contributed by atoms with Crippen LogP contribution in [0.3, 0.4) is 0 Å². The molecule has 0 unspecified atom stereocenters. The summed E-state index contributed by atoms with van der Waals surface area (Å²) in [4.78, 5) is 15.5. The molecule has 0 aliphatic rings. The van der Waals surface area contributed by atoms with E-state index in [1.54, 1.807) is 36.4 Å². The lowest BCUT2D eigenvalue weighted by molar-refractivity contribution is -0.114. The maximum atomic E-state index is 11.2. The van der Waals surface area contributed by atoms with Gasteiger partial charge in [0.05, 0.1) is 16.2 Å². The maximum Gasteiger partial charge on any atom is 0.249 e. The van der Waals surface area contributed by atoms with Crippen LogP contribution in [0.5, 0.6) is 0 Å². The lowest BCUT2D eigenvalue weighted by Crippen LogP contribution is -2.06. The summed E-state index contributed by atoms with van der Waals surface area (Å²) >= 11 is 11.9. The summed E-state index contributed by atoms with van der Waals surface area (Å²) in [6.07, 6.45) is 1.49. The molecular formula is C17H14Cl2N6O. The lowest BCUT2D eigenvalue weighted by atomic mass is 10.3. The van der Waals surface area contributed by atoms with Crippen LogP contribution in [0.4, 0.5) is 28.8 Å². The molecule has 26 heavy (non-hydrogen) atoms. The zero-order valence-electron chi connectivity index (χ0n) is 13.6. The van der Waals surface area contributed by atoms with E-state index >= 15 is 0 Å². The maximum absolute atomic E-state index is 11.2. The van der Waals surface area contributed by atoms with Crippen molar-refractivity contribution in [2.45, 2.75) is 6.92 Å². The van der Waals surface area contributed by atoms with Gasteiger partial charge >= 0.3 is 0 Å². The Morgan fingerprint density at radius 1 is 0.962 bits per heavy atom. The molecule has 0 aliphatic carbocycles. The average molecular weight is 389 g/mol. The van der Waals surface area contributed by atoms with Gasteiger partial charge in [0, 0.05) is 24.0 Å². The van der Waals surface area contributed by atoms with Gasteiger partial charge in [-0.05, 0) is 36.4 Å². The molecule has 0 saturated heterocycles. The van der Waals surface area contributed by atoms with E-state index in [4.69, 9.17) is 23.2 Å². The number of anilines is 5. The third-order valence-corrected chi connectivity index (χ3v) is 3.93. The molecule has 0 atom stereocenters. The first-order chi connectivity index (χ1) is 12.5. The second kappa shape index (κ2) is 7.99. The number of halogens is 2. The predicted octanol–water partition coefficient (Wildman–Crippen LogP) is 4.62. The molecule has 0 radical (unpaired) electrons. The molecule has 1 aromatic heterocycles. The number of rotatable bonds is 5. The summed E-state index contributed by atoms with van der Waals surface area (Å²) in [5, 5.41) is 17.6. The number of aromatic nitrogens is 3. The molecule has 3 rings (SSSR count). The second-order valence-electron chi connectivity index (χ2n) is 5.31. The Morgan fingerprint density at radius 3 is 2.50 bits per heavy atom. The summed E-state index contributed by atoms with van der Waals surface area (Å²) < 4.78 is 0. The van der Waals surface area contributed by atoms with E-state index < -0.39 is 0 Å². The van der Waals surface area contributed by atoms with E-state index in [1.807, 2.05) is 6.07 Å². The number of nitrogens with zero attached hydrogens (tertiary/aromatic N) is 3. The van der Waals surface area contributed by atoms with Crippen molar-refractivity contribution in [3.05, 3.63) is 58.7 Å². The van der Waals surface area contributed by atoms with Crippen LogP contribution >= 0.6 is 23.2 Å². The van der Waals surface area contributed by atoms with E-state index in [2.05, 4.69) is 31.1 Å². The van der Waals surface area contributed by atoms with E-state index in [0.717, 1.165) is 5.69 Å². The van der Waals surface area contributed by atoms with Gasteiger partial charge < -0.3 is 16.0 Å². The quantitative estimate of drug-likeness (QED) is 0.590. The van der Waals surface area contributed by atoms with Gasteiger partial charge in [-0.1, -0.05) is 29.3 Å². The smallest absolute Gasteiger partial charge is 0.249 e. The minimum atomic E-state index is -0.145. The fourth-order valence-corrected chi connectivity index (χ4v) is 2.44. The Hall–Kier alpha value is -2.90. The average Bonchev–Trinajstić information content (AvgIpc) is 2.58. The van der Waals surface area contributed by atoms with E-state index in [9.17, 15) is 4.79 Å². The number of carbonyl (C=O) groups excluding carboxylic acids is 1. The molecular weight excluding hydrogens is 375 g/mol. The number of amides is 1. The molecule has 9 heteroatoms. The van der Waals surface area contributed by atoms with Gasteiger partial charge in [0.2, 0.25) is 11.9 Å². The molecule has 3 aromatic rings. The van der Waals surface area contributed by atoms with Gasteiger partial charge in [0.25, 0.3) is 0 Å². The van der Waals surface area contributed by atoms with Gasteiger partial charge in [-0.3, -0.25) is 4.79 Å². The molecule has 0 spiro atoms. The third-order valence-electron chi connectivity index (χ3n) is 3.19. The number of hydrogen-bond acceptors (Lipinski definition) is 6. The van der Waals surface area contributed by atoms with Crippen molar-refractivity contribution in [2.75, 3.05) is 16.0 Å². The molecule has 3 N–H and O–H groups in total. The normalized spacial score (nSPS) is 10.3. The molecule has 7 nitrogen and oxygen atoms in total. The van der Waals surface area contributed by atoms with Crippen LogP contribution < -0.4 is 16.0 Å². The zero-order chi connectivity index (χ0) is 18.5. The Bertz CT molecular complexity index is 950. The van der Waals surface area contributed by atoms with Crippen molar-refractivity contribution >= 4 is 57.9 Å². The number of hydrogen-bond donors (Lipinski definition) is 3. The minimum absolute atomic E-state index is 0.145. The topological polar surface area (TPSA) is 91.8 Å². The van der Waals surface area contributed by atoms with Gasteiger partial charge in [0.1, 0.15) is 0 Å². The summed E-state index contributed by atoms with van der Waals surface area (Å²) in [6.45, 7) is 1.45. The molecule has 0 bridgehead atoms.